The number of carbonyl (C=O) groups is 1. The molecule has 2 aromatic carbocycles. The van der Waals surface area contributed by atoms with E-state index in [1.807, 2.05) is 13.1 Å². The number of rotatable bonds is 4. The number of nitrogens with zero attached hydrogens (tertiary/aromatic N) is 4. The zero-order valence-corrected chi connectivity index (χ0v) is 17.1. The van der Waals surface area contributed by atoms with Crippen LogP contribution < -0.4 is 10.1 Å². The van der Waals surface area contributed by atoms with Crippen molar-refractivity contribution in [1.82, 2.24) is 19.7 Å². The molecule has 0 aliphatic heterocycles. The molecule has 0 atom stereocenters. The van der Waals surface area contributed by atoms with Crippen LogP contribution in [0.5, 0.6) is 5.75 Å². The Bertz CT molecular complexity index is 1240. The molecule has 0 radical (unpaired) electrons. The Kier molecular flexibility index (Phi) is 4.98. The fraction of sp³-hybridized carbons (Fsp3) is 0.100. The number of nitrogens with one attached hydrogen (secondary N) is 1. The van der Waals surface area contributed by atoms with Crippen molar-refractivity contribution in [2.24, 2.45) is 7.05 Å². The van der Waals surface area contributed by atoms with E-state index in [1.54, 1.807) is 23.0 Å². The molecule has 1 amide bonds. The molecule has 7 nitrogen and oxygen atoms in total. The molecule has 0 saturated carbocycles. The molecule has 0 saturated heterocycles. The molecule has 1 N–H and O–H groups in total. The number of carbonyl (C=O) groups excluding carboxylic acids is 1. The summed E-state index contributed by atoms with van der Waals surface area (Å²) in [6.45, 7) is 0. The predicted molar refractivity (Wildman–Crippen MR) is 110 cm³/mol. The Balaban J connectivity index is 1.68. The van der Waals surface area contributed by atoms with E-state index in [1.165, 1.54) is 31.5 Å². The summed E-state index contributed by atoms with van der Waals surface area (Å²) in [6.07, 6.45) is 3.12. The molecule has 2 heterocycles. The molecule has 0 fully saturated rings. The van der Waals surface area contributed by atoms with Crippen LogP contribution >= 0.6 is 15.9 Å². The van der Waals surface area contributed by atoms with Gasteiger partial charge in [-0.25, -0.2) is 14.4 Å². The number of benzene rings is 2. The molecule has 0 unspecified atom stereocenters. The maximum Gasteiger partial charge on any atom is 0.274 e. The third kappa shape index (κ3) is 3.44. The number of methoxy groups -OCH3 is 1. The molecule has 4 rings (SSSR count). The monoisotopic (exact) mass is 455 g/mol. The average Bonchev–Trinajstić information content (AvgIpc) is 3.11. The van der Waals surface area contributed by atoms with E-state index in [4.69, 9.17) is 4.74 Å². The first-order valence-corrected chi connectivity index (χ1v) is 9.36. The van der Waals surface area contributed by atoms with Gasteiger partial charge in [0.05, 0.1) is 34.5 Å². The largest absolute Gasteiger partial charge is 0.496 e. The molecular formula is C20H15BrFN5O2. The van der Waals surface area contributed by atoms with Crippen LogP contribution in [0.2, 0.25) is 0 Å². The maximum atomic E-state index is 14.3. The lowest BCUT2D eigenvalue weighted by Gasteiger charge is -2.10. The Morgan fingerprint density at radius 2 is 2.07 bits per heavy atom. The zero-order valence-electron chi connectivity index (χ0n) is 15.5. The second-order valence-corrected chi connectivity index (χ2v) is 6.96. The van der Waals surface area contributed by atoms with Crippen LogP contribution in [0.1, 0.15) is 10.5 Å². The quantitative estimate of drug-likeness (QED) is 0.498. The summed E-state index contributed by atoms with van der Waals surface area (Å²) in [7, 11) is 3.27. The van der Waals surface area contributed by atoms with Gasteiger partial charge in [-0.2, -0.15) is 5.10 Å². The topological polar surface area (TPSA) is 81.9 Å². The van der Waals surface area contributed by atoms with Gasteiger partial charge in [0.1, 0.15) is 17.3 Å². The van der Waals surface area contributed by atoms with Crippen molar-refractivity contribution in [3.8, 4) is 17.1 Å². The molecular weight excluding hydrogens is 441 g/mol. The maximum absolute atomic E-state index is 14.3. The van der Waals surface area contributed by atoms with Gasteiger partial charge in [-0.3, -0.25) is 9.48 Å². The minimum atomic E-state index is -0.535. The molecule has 0 bridgehead atoms. The van der Waals surface area contributed by atoms with E-state index in [-0.39, 0.29) is 22.8 Å². The molecule has 2 aromatic heterocycles. The SMILES string of the molecule is COc1cccc(F)c1-c1nccc(C(=O)Nc2ccc3c(cnn3C)c2Br)n1. The van der Waals surface area contributed by atoms with Crippen molar-refractivity contribution in [2.45, 2.75) is 0 Å². The number of aryl methyl sites for hydroxylation is 1. The van der Waals surface area contributed by atoms with E-state index in [9.17, 15) is 9.18 Å². The van der Waals surface area contributed by atoms with E-state index < -0.39 is 11.7 Å². The standard InChI is InChI=1S/C20H15BrFN5O2/c1-27-15-7-6-13(18(21)11(15)10-24-27)26-20(28)14-8-9-23-19(25-14)17-12(22)4-3-5-16(17)29-2/h3-10H,1-2H3,(H,26,28). The summed E-state index contributed by atoms with van der Waals surface area (Å²) in [5.41, 5.74) is 1.69. The number of hydrogen-bond donors (Lipinski definition) is 1. The van der Waals surface area contributed by atoms with Gasteiger partial charge in [0, 0.05) is 18.6 Å². The van der Waals surface area contributed by atoms with E-state index >= 15 is 0 Å². The molecule has 0 spiro atoms. The van der Waals surface area contributed by atoms with Crippen LogP contribution in [0.4, 0.5) is 10.1 Å². The molecule has 146 valence electrons. The smallest absolute Gasteiger partial charge is 0.274 e. The third-order valence-corrected chi connectivity index (χ3v) is 5.28. The lowest BCUT2D eigenvalue weighted by Crippen LogP contribution is -2.15. The van der Waals surface area contributed by atoms with Gasteiger partial charge in [-0.1, -0.05) is 6.07 Å². The van der Waals surface area contributed by atoms with Crippen LogP contribution in [0.15, 0.2) is 53.3 Å². The van der Waals surface area contributed by atoms with Crippen LogP contribution in [0.25, 0.3) is 22.3 Å². The van der Waals surface area contributed by atoms with Crippen molar-refractivity contribution in [1.29, 1.82) is 0 Å². The number of amides is 1. The van der Waals surface area contributed by atoms with E-state index in [0.29, 0.717) is 10.2 Å². The predicted octanol–water partition coefficient (Wildman–Crippen LogP) is 4.19. The minimum absolute atomic E-state index is 0.0642. The van der Waals surface area contributed by atoms with Gasteiger partial charge in [0.15, 0.2) is 5.82 Å². The van der Waals surface area contributed by atoms with Crippen molar-refractivity contribution < 1.29 is 13.9 Å². The summed E-state index contributed by atoms with van der Waals surface area (Å²) in [5.74, 6) is -0.638. The van der Waals surface area contributed by atoms with Gasteiger partial charge >= 0.3 is 0 Å². The van der Waals surface area contributed by atoms with Crippen LogP contribution in [0, 0.1) is 5.82 Å². The Hall–Kier alpha value is -3.33. The van der Waals surface area contributed by atoms with E-state index in [2.05, 4.69) is 36.3 Å². The van der Waals surface area contributed by atoms with Gasteiger partial charge in [0.2, 0.25) is 0 Å². The molecule has 29 heavy (non-hydrogen) atoms. The van der Waals surface area contributed by atoms with Crippen LogP contribution in [-0.2, 0) is 7.05 Å². The lowest BCUT2D eigenvalue weighted by molar-refractivity contribution is 0.102. The average molecular weight is 456 g/mol. The summed E-state index contributed by atoms with van der Waals surface area (Å²) < 4.78 is 22.0. The number of fused-ring (bicyclic) bond motifs is 1. The highest BCUT2D eigenvalue weighted by molar-refractivity contribution is 9.10. The van der Waals surface area contributed by atoms with Gasteiger partial charge in [0.25, 0.3) is 5.91 Å². The number of anilines is 1. The van der Waals surface area contributed by atoms with Crippen LogP contribution in [-0.4, -0.2) is 32.8 Å². The first-order chi connectivity index (χ1) is 14.0. The Labute approximate surface area is 173 Å². The fourth-order valence-corrected chi connectivity index (χ4v) is 3.51. The van der Waals surface area contributed by atoms with Gasteiger partial charge < -0.3 is 10.1 Å². The number of hydrogen-bond acceptors (Lipinski definition) is 5. The highest BCUT2D eigenvalue weighted by atomic mass is 79.9. The number of ether oxygens (including phenoxy) is 1. The van der Waals surface area contributed by atoms with Crippen molar-refractivity contribution in [3.05, 3.63) is 64.8 Å². The first-order valence-electron chi connectivity index (χ1n) is 8.57. The van der Waals surface area contributed by atoms with Gasteiger partial charge in [-0.15, -0.1) is 0 Å². The van der Waals surface area contributed by atoms with Crippen LogP contribution in [0.3, 0.4) is 0 Å². The summed E-state index contributed by atoms with van der Waals surface area (Å²) in [5, 5.41) is 7.89. The summed E-state index contributed by atoms with van der Waals surface area (Å²) >= 11 is 3.51. The minimum Gasteiger partial charge on any atom is -0.496 e. The zero-order chi connectivity index (χ0) is 20.5. The Morgan fingerprint density at radius 1 is 1.24 bits per heavy atom. The normalized spacial score (nSPS) is 10.9. The fourth-order valence-electron chi connectivity index (χ4n) is 2.97. The van der Waals surface area contributed by atoms with Gasteiger partial charge in [-0.05, 0) is 46.3 Å². The molecule has 4 aromatic rings. The summed E-state index contributed by atoms with van der Waals surface area (Å²) in [4.78, 5) is 21.1. The molecule has 0 aliphatic carbocycles. The molecule has 0 aliphatic rings. The second-order valence-electron chi connectivity index (χ2n) is 6.16. The van der Waals surface area contributed by atoms with Crippen molar-refractivity contribution in [2.75, 3.05) is 12.4 Å². The highest BCUT2D eigenvalue weighted by Gasteiger charge is 2.18. The highest BCUT2D eigenvalue weighted by Crippen LogP contribution is 2.32. The molecule has 9 heteroatoms. The Morgan fingerprint density at radius 3 is 2.86 bits per heavy atom. The first kappa shape index (κ1) is 19.0. The number of halogens is 2. The lowest BCUT2D eigenvalue weighted by atomic mass is 10.1. The van der Waals surface area contributed by atoms with Crippen molar-refractivity contribution >= 4 is 38.4 Å². The summed E-state index contributed by atoms with van der Waals surface area (Å²) in [6, 6.07) is 9.51. The number of aromatic nitrogens is 4. The van der Waals surface area contributed by atoms with E-state index in [0.717, 1.165) is 10.9 Å². The second kappa shape index (κ2) is 7.59. The van der Waals surface area contributed by atoms with Crippen molar-refractivity contribution in [3.63, 3.8) is 0 Å². The third-order valence-electron chi connectivity index (χ3n) is 4.42.